The van der Waals surface area contributed by atoms with E-state index >= 15 is 0 Å². The highest BCUT2D eigenvalue weighted by atomic mass is 35.5. The van der Waals surface area contributed by atoms with E-state index in [4.69, 9.17) is 5.73 Å². The lowest BCUT2D eigenvalue weighted by Gasteiger charge is -2.20. The summed E-state index contributed by atoms with van der Waals surface area (Å²) in [6.45, 7) is 6.42. The maximum Gasteiger partial charge on any atom is 0.227 e. The SMILES string of the molecule is Cc1csc(CNC(=O)C(C)(C)CN)n1.Cl.Cl. The third-order valence-electron chi connectivity index (χ3n) is 2.19. The van der Waals surface area contributed by atoms with E-state index in [1.807, 2.05) is 26.2 Å². The summed E-state index contributed by atoms with van der Waals surface area (Å²) in [4.78, 5) is 15.9. The number of aryl methyl sites for hydroxylation is 1. The van der Waals surface area contributed by atoms with Gasteiger partial charge in [0.25, 0.3) is 0 Å². The number of carbonyl (C=O) groups is 1. The minimum atomic E-state index is -0.508. The Bertz CT molecular complexity index is 355. The van der Waals surface area contributed by atoms with E-state index in [9.17, 15) is 4.79 Å². The van der Waals surface area contributed by atoms with Gasteiger partial charge in [0.15, 0.2) is 0 Å². The highest BCUT2D eigenvalue weighted by Gasteiger charge is 2.25. The molecule has 0 bridgehead atoms. The van der Waals surface area contributed by atoms with Crippen LogP contribution in [0.2, 0.25) is 0 Å². The van der Waals surface area contributed by atoms with Crippen molar-refractivity contribution in [1.29, 1.82) is 0 Å². The van der Waals surface area contributed by atoms with Gasteiger partial charge in [-0.1, -0.05) is 0 Å². The number of aromatic nitrogens is 1. The van der Waals surface area contributed by atoms with Gasteiger partial charge in [0, 0.05) is 17.6 Å². The van der Waals surface area contributed by atoms with E-state index in [-0.39, 0.29) is 30.7 Å². The Labute approximate surface area is 118 Å². The molecule has 3 N–H and O–H groups in total. The first kappa shape index (κ1) is 19.0. The largest absolute Gasteiger partial charge is 0.349 e. The fourth-order valence-corrected chi connectivity index (χ4v) is 1.68. The van der Waals surface area contributed by atoms with Crippen molar-refractivity contribution in [2.45, 2.75) is 27.3 Å². The molecule has 0 atom stereocenters. The number of hydrogen-bond donors (Lipinski definition) is 2. The summed E-state index contributed by atoms with van der Waals surface area (Å²) in [5, 5.41) is 5.72. The molecule has 1 amide bonds. The summed E-state index contributed by atoms with van der Waals surface area (Å²) in [7, 11) is 0. The predicted molar refractivity (Wildman–Crippen MR) is 76.0 cm³/mol. The molecule has 4 nitrogen and oxygen atoms in total. The second kappa shape index (κ2) is 7.87. The molecule has 0 aromatic carbocycles. The predicted octanol–water partition coefficient (Wildman–Crippen LogP) is 1.90. The Hall–Kier alpha value is -0.360. The lowest BCUT2D eigenvalue weighted by atomic mass is 9.93. The van der Waals surface area contributed by atoms with Crippen molar-refractivity contribution >= 4 is 42.1 Å². The Balaban J connectivity index is 0. The van der Waals surface area contributed by atoms with Crippen molar-refractivity contribution in [1.82, 2.24) is 10.3 Å². The van der Waals surface area contributed by atoms with E-state index in [1.165, 1.54) is 0 Å². The summed E-state index contributed by atoms with van der Waals surface area (Å²) in [6.07, 6.45) is 0. The zero-order valence-electron chi connectivity index (χ0n) is 10.1. The van der Waals surface area contributed by atoms with Gasteiger partial charge < -0.3 is 11.1 Å². The van der Waals surface area contributed by atoms with Crippen LogP contribution in [0, 0.1) is 12.3 Å². The number of carbonyl (C=O) groups excluding carboxylic acids is 1. The van der Waals surface area contributed by atoms with Gasteiger partial charge >= 0.3 is 0 Å². The first-order valence-electron chi connectivity index (χ1n) is 4.85. The van der Waals surface area contributed by atoms with E-state index in [2.05, 4.69) is 10.3 Å². The van der Waals surface area contributed by atoms with E-state index in [0.717, 1.165) is 10.7 Å². The number of thiazole rings is 1. The van der Waals surface area contributed by atoms with Crippen LogP contribution < -0.4 is 11.1 Å². The average molecular weight is 300 g/mol. The molecule has 1 aromatic rings. The number of halogens is 2. The molecule has 0 unspecified atom stereocenters. The molecule has 0 aliphatic carbocycles. The van der Waals surface area contributed by atoms with Crippen LogP contribution in [-0.2, 0) is 11.3 Å². The molecular weight excluding hydrogens is 281 g/mol. The maximum absolute atomic E-state index is 11.7. The number of hydrogen-bond acceptors (Lipinski definition) is 4. The Morgan fingerprint density at radius 1 is 1.53 bits per heavy atom. The second-order valence-corrected chi connectivity index (χ2v) is 5.10. The molecule has 1 rings (SSSR count). The standard InChI is InChI=1S/C10H17N3OS.2ClH/c1-7-5-15-8(13-7)4-12-9(14)10(2,3)6-11;;/h5H,4,6,11H2,1-3H3,(H,12,14);2*1H. The van der Waals surface area contributed by atoms with E-state index in [1.54, 1.807) is 11.3 Å². The van der Waals surface area contributed by atoms with Crippen molar-refractivity contribution < 1.29 is 4.79 Å². The summed E-state index contributed by atoms with van der Waals surface area (Å²) in [6, 6.07) is 0. The van der Waals surface area contributed by atoms with E-state index < -0.39 is 5.41 Å². The molecule has 0 spiro atoms. The van der Waals surface area contributed by atoms with Gasteiger partial charge in [-0.25, -0.2) is 4.98 Å². The zero-order chi connectivity index (χ0) is 11.5. The lowest BCUT2D eigenvalue weighted by Crippen LogP contribution is -2.41. The molecule has 100 valence electrons. The first-order valence-corrected chi connectivity index (χ1v) is 5.73. The summed E-state index contributed by atoms with van der Waals surface area (Å²) in [5.74, 6) is -0.0298. The van der Waals surface area contributed by atoms with Gasteiger partial charge in [0.1, 0.15) is 5.01 Å². The van der Waals surface area contributed by atoms with Crippen LogP contribution in [0.25, 0.3) is 0 Å². The van der Waals surface area contributed by atoms with Crippen LogP contribution in [0.15, 0.2) is 5.38 Å². The molecule has 1 aromatic heterocycles. The van der Waals surface area contributed by atoms with E-state index in [0.29, 0.717) is 13.1 Å². The van der Waals surface area contributed by atoms with Crippen LogP contribution in [0.3, 0.4) is 0 Å². The van der Waals surface area contributed by atoms with Crippen molar-refractivity contribution in [2.75, 3.05) is 6.54 Å². The minimum Gasteiger partial charge on any atom is -0.349 e. The molecular formula is C10H19Cl2N3OS. The first-order chi connectivity index (χ1) is 6.95. The molecule has 0 saturated carbocycles. The Morgan fingerprint density at radius 3 is 2.53 bits per heavy atom. The van der Waals surface area contributed by atoms with Gasteiger partial charge in [0.2, 0.25) is 5.91 Å². The number of nitrogens with zero attached hydrogens (tertiary/aromatic N) is 1. The smallest absolute Gasteiger partial charge is 0.227 e. The van der Waals surface area contributed by atoms with Gasteiger partial charge in [-0.15, -0.1) is 36.2 Å². The molecule has 0 fully saturated rings. The normalized spacial score (nSPS) is 10.1. The number of nitrogens with two attached hydrogens (primary N) is 1. The van der Waals surface area contributed by atoms with Gasteiger partial charge in [0.05, 0.1) is 12.0 Å². The monoisotopic (exact) mass is 299 g/mol. The van der Waals surface area contributed by atoms with Crippen molar-refractivity contribution in [3.05, 3.63) is 16.1 Å². The zero-order valence-corrected chi connectivity index (χ0v) is 12.6. The third kappa shape index (κ3) is 5.68. The molecule has 17 heavy (non-hydrogen) atoms. The molecule has 0 aliphatic rings. The molecule has 7 heteroatoms. The van der Waals surface area contributed by atoms with Gasteiger partial charge in [-0.3, -0.25) is 4.79 Å². The Morgan fingerprint density at radius 2 is 2.12 bits per heavy atom. The maximum atomic E-state index is 11.7. The van der Waals surface area contributed by atoms with Crippen LogP contribution in [-0.4, -0.2) is 17.4 Å². The molecule has 1 heterocycles. The van der Waals surface area contributed by atoms with Gasteiger partial charge in [-0.2, -0.15) is 0 Å². The minimum absolute atomic E-state index is 0. The van der Waals surface area contributed by atoms with Crippen molar-refractivity contribution in [2.24, 2.45) is 11.1 Å². The lowest BCUT2D eigenvalue weighted by molar-refractivity contribution is -0.129. The molecule has 0 radical (unpaired) electrons. The summed E-state index contributed by atoms with van der Waals surface area (Å²) >= 11 is 1.55. The highest BCUT2D eigenvalue weighted by Crippen LogP contribution is 2.13. The van der Waals surface area contributed by atoms with Crippen LogP contribution in [0.1, 0.15) is 24.5 Å². The van der Waals surface area contributed by atoms with Crippen LogP contribution >= 0.6 is 36.2 Å². The van der Waals surface area contributed by atoms with Crippen LogP contribution in [0.4, 0.5) is 0 Å². The Kier molecular flexibility index (Phi) is 8.79. The summed E-state index contributed by atoms with van der Waals surface area (Å²) in [5.41, 5.74) is 5.99. The number of amides is 1. The third-order valence-corrected chi connectivity index (χ3v) is 3.16. The molecule has 0 aliphatic heterocycles. The van der Waals surface area contributed by atoms with Gasteiger partial charge in [-0.05, 0) is 20.8 Å². The number of rotatable bonds is 4. The fraction of sp³-hybridized carbons (Fsp3) is 0.600. The topological polar surface area (TPSA) is 68.0 Å². The quantitative estimate of drug-likeness (QED) is 0.892. The highest BCUT2D eigenvalue weighted by molar-refractivity contribution is 7.09. The van der Waals surface area contributed by atoms with Crippen molar-refractivity contribution in [3.8, 4) is 0 Å². The van der Waals surface area contributed by atoms with Crippen LogP contribution in [0.5, 0.6) is 0 Å². The second-order valence-electron chi connectivity index (χ2n) is 4.15. The fourth-order valence-electron chi connectivity index (χ4n) is 0.972. The summed E-state index contributed by atoms with van der Waals surface area (Å²) < 4.78 is 0. The average Bonchev–Trinajstić information content (AvgIpc) is 2.60. The van der Waals surface area contributed by atoms with Crippen molar-refractivity contribution in [3.63, 3.8) is 0 Å². The number of nitrogens with one attached hydrogen (secondary N) is 1. The molecule has 0 saturated heterocycles.